The third-order valence-electron chi connectivity index (χ3n) is 6.96. The van der Waals surface area contributed by atoms with Gasteiger partial charge in [-0.1, -0.05) is 60.7 Å². The molecule has 0 saturated carbocycles. The lowest BCUT2D eigenvalue weighted by Crippen LogP contribution is -2.38. The van der Waals surface area contributed by atoms with Gasteiger partial charge >= 0.3 is 0 Å². The van der Waals surface area contributed by atoms with Crippen LogP contribution in [0, 0.1) is 5.92 Å². The van der Waals surface area contributed by atoms with Crippen LogP contribution in [0.3, 0.4) is 0 Å². The third-order valence-corrected chi connectivity index (χ3v) is 6.96. The highest BCUT2D eigenvalue weighted by Crippen LogP contribution is 2.40. The fourth-order valence-corrected chi connectivity index (χ4v) is 5.20. The Morgan fingerprint density at radius 1 is 1.00 bits per heavy atom. The lowest BCUT2D eigenvalue weighted by molar-refractivity contribution is -0.0775. The van der Waals surface area contributed by atoms with Crippen LogP contribution >= 0.6 is 0 Å². The van der Waals surface area contributed by atoms with Crippen molar-refractivity contribution in [3.63, 3.8) is 0 Å². The van der Waals surface area contributed by atoms with Crippen LogP contribution in [0.25, 0.3) is 0 Å². The van der Waals surface area contributed by atoms with E-state index in [0.29, 0.717) is 24.1 Å². The van der Waals surface area contributed by atoms with E-state index in [9.17, 15) is 4.79 Å². The van der Waals surface area contributed by atoms with Gasteiger partial charge in [-0.15, -0.1) is 0 Å². The number of benzene rings is 2. The monoisotopic (exact) mass is 445 g/mol. The first-order valence-electron chi connectivity index (χ1n) is 12.0. The van der Waals surface area contributed by atoms with E-state index in [4.69, 9.17) is 9.15 Å². The maximum Gasteiger partial charge on any atom is 0.290 e. The molecule has 0 radical (unpaired) electrons. The molecule has 174 valence electrons. The van der Waals surface area contributed by atoms with Crippen molar-refractivity contribution in [2.24, 2.45) is 5.92 Å². The smallest absolute Gasteiger partial charge is 0.290 e. The molecule has 1 fully saturated rings. The second kappa shape index (κ2) is 10.4. The molecule has 2 aromatic carbocycles. The van der Waals surface area contributed by atoms with Gasteiger partial charge in [-0.2, -0.15) is 0 Å². The van der Waals surface area contributed by atoms with E-state index in [1.807, 2.05) is 23.1 Å². The van der Waals surface area contributed by atoms with Crippen molar-refractivity contribution < 1.29 is 13.9 Å². The summed E-state index contributed by atoms with van der Waals surface area (Å²) < 4.78 is 11.5. The number of nitrogens with zero attached hydrogens (tertiary/aromatic N) is 1. The summed E-state index contributed by atoms with van der Waals surface area (Å²) in [6, 6.07) is 24.5. The molecule has 1 saturated heterocycles. The van der Waals surface area contributed by atoms with Crippen LogP contribution in [0.2, 0.25) is 0 Å². The number of carbonyl (C=O) groups excluding carboxylic acids is 1. The zero-order chi connectivity index (χ0) is 23.3. The largest absolute Gasteiger partial charge is 0.459 e. The average Bonchev–Trinajstić information content (AvgIpc) is 3.37. The van der Waals surface area contributed by atoms with Gasteiger partial charge in [0.1, 0.15) is 0 Å². The molecule has 1 aromatic heterocycles. The molecule has 3 atom stereocenters. The predicted molar refractivity (Wildman–Crippen MR) is 131 cm³/mol. The summed E-state index contributed by atoms with van der Waals surface area (Å²) in [5.41, 5.74) is 2.36. The summed E-state index contributed by atoms with van der Waals surface area (Å²) in [6.45, 7) is 7.92. The van der Waals surface area contributed by atoms with Crippen LogP contribution in [0.4, 0.5) is 0 Å². The summed E-state index contributed by atoms with van der Waals surface area (Å²) in [4.78, 5) is 15.4. The van der Waals surface area contributed by atoms with E-state index < -0.39 is 0 Å². The number of ether oxygens (including phenoxy) is 1. The summed E-state index contributed by atoms with van der Waals surface area (Å²) in [5.74, 6) is 1.21. The van der Waals surface area contributed by atoms with E-state index >= 15 is 0 Å². The average molecular weight is 446 g/mol. The zero-order valence-corrected chi connectivity index (χ0v) is 19.9. The van der Waals surface area contributed by atoms with E-state index in [1.54, 1.807) is 18.4 Å². The predicted octanol–water partition coefficient (Wildman–Crippen LogP) is 6.86. The molecule has 0 N–H and O–H groups in total. The summed E-state index contributed by atoms with van der Waals surface area (Å²) >= 11 is 0. The first-order valence-corrected chi connectivity index (χ1v) is 12.0. The van der Waals surface area contributed by atoms with Gasteiger partial charge in [0, 0.05) is 13.2 Å². The topological polar surface area (TPSA) is 42.7 Å². The van der Waals surface area contributed by atoms with E-state index in [-0.39, 0.29) is 17.6 Å². The first-order chi connectivity index (χ1) is 15.9. The molecule has 1 aliphatic rings. The standard InChI is InChI=1S/C29H35NO3/c1-22(23-11-6-4-7-12-23)30(28(31)27-15-10-19-32-27)18-16-26(24-13-8-5-9-14-24)25-17-20-33-29(2,3)21-25/h4-15,19,22,25-26H,16-18,20-21H2,1-3H3/t22-,25-,26+/m1/s1. The number of carbonyl (C=O) groups is 1. The molecule has 4 heteroatoms. The number of furan rings is 1. The Hall–Kier alpha value is -2.85. The molecule has 1 amide bonds. The van der Waals surface area contributed by atoms with Crippen molar-refractivity contribution in [1.82, 2.24) is 4.90 Å². The molecule has 2 heterocycles. The SMILES string of the molecule is C[C@H](c1ccccc1)N(CC[C@@H](c1ccccc1)[C@@H]1CCOC(C)(C)C1)C(=O)c1ccco1. The Kier molecular flexibility index (Phi) is 7.34. The van der Waals surface area contributed by atoms with Crippen molar-refractivity contribution in [3.05, 3.63) is 95.9 Å². The van der Waals surface area contributed by atoms with Crippen molar-refractivity contribution in [1.29, 1.82) is 0 Å². The van der Waals surface area contributed by atoms with Crippen molar-refractivity contribution in [3.8, 4) is 0 Å². The minimum Gasteiger partial charge on any atom is -0.459 e. The van der Waals surface area contributed by atoms with Crippen LogP contribution in [0.1, 0.15) is 73.7 Å². The van der Waals surface area contributed by atoms with Gasteiger partial charge in [-0.25, -0.2) is 0 Å². The van der Waals surface area contributed by atoms with Crippen LogP contribution in [-0.4, -0.2) is 29.6 Å². The quantitative estimate of drug-likeness (QED) is 0.380. The number of rotatable bonds is 8. The number of hydrogen-bond donors (Lipinski definition) is 0. The Morgan fingerprint density at radius 3 is 2.27 bits per heavy atom. The highest BCUT2D eigenvalue weighted by Gasteiger charge is 2.35. The molecule has 4 rings (SSSR count). The Balaban J connectivity index is 1.60. The summed E-state index contributed by atoms with van der Waals surface area (Å²) in [7, 11) is 0. The molecule has 0 spiro atoms. The lowest BCUT2D eigenvalue weighted by atomic mass is 9.75. The van der Waals surface area contributed by atoms with Crippen molar-refractivity contribution >= 4 is 5.91 Å². The van der Waals surface area contributed by atoms with E-state index in [1.165, 1.54) is 5.56 Å². The molecule has 0 bridgehead atoms. The van der Waals surface area contributed by atoms with Crippen LogP contribution in [0.15, 0.2) is 83.5 Å². The van der Waals surface area contributed by atoms with E-state index in [0.717, 1.165) is 31.4 Å². The maximum atomic E-state index is 13.5. The number of amides is 1. The fraction of sp³-hybridized carbons (Fsp3) is 0.414. The van der Waals surface area contributed by atoms with Gasteiger partial charge in [0.05, 0.1) is 17.9 Å². The molecular weight excluding hydrogens is 410 g/mol. The molecule has 0 unspecified atom stereocenters. The Bertz CT molecular complexity index is 998. The van der Waals surface area contributed by atoms with Gasteiger partial charge in [-0.3, -0.25) is 4.79 Å². The summed E-state index contributed by atoms with van der Waals surface area (Å²) in [5, 5.41) is 0. The van der Waals surface area contributed by atoms with Gasteiger partial charge in [0.25, 0.3) is 5.91 Å². The Morgan fingerprint density at radius 2 is 1.67 bits per heavy atom. The number of hydrogen-bond acceptors (Lipinski definition) is 3. The van der Waals surface area contributed by atoms with E-state index in [2.05, 4.69) is 63.2 Å². The molecule has 3 aromatic rings. The molecular formula is C29H35NO3. The molecule has 1 aliphatic heterocycles. The highest BCUT2D eigenvalue weighted by molar-refractivity contribution is 5.91. The van der Waals surface area contributed by atoms with Gasteiger partial charge in [0.2, 0.25) is 0 Å². The van der Waals surface area contributed by atoms with Crippen LogP contribution in [-0.2, 0) is 4.74 Å². The Labute approximate surface area is 197 Å². The van der Waals surface area contributed by atoms with Crippen molar-refractivity contribution in [2.45, 2.75) is 57.6 Å². The van der Waals surface area contributed by atoms with Gasteiger partial charge in [0.15, 0.2) is 5.76 Å². The molecule has 0 aliphatic carbocycles. The highest BCUT2D eigenvalue weighted by atomic mass is 16.5. The van der Waals surface area contributed by atoms with Crippen LogP contribution in [0.5, 0.6) is 0 Å². The maximum absolute atomic E-state index is 13.5. The molecule has 33 heavy (non-hydrogen) atoms. The minimum atomic E-state index is -0.114. The zero-order valence-electron chi connectivity index (χ0n) is 19.9. The minimum absolute atomic E-state index is 0.0497. The fourth-order valence-electron chi connectivity index (χ4n) is 5.20. The third kappa shape index (κ3) is 5.75. The summed E-state index contributed by atoms with van der Waals surface area (Å²) in [6.07, 6.45) is 4.53. The second-order valence-corrected chi connectivity index (χ2v) is 9.73. The second-order valence-electron chi connectivity index (χ2n) is 9.73. The van der Waals surface area contributed by atoms with Crippen molar-refractivity contribution in [2.75, 3.05) is 13.2 Å². The van der Waals surface area contributed by atoms with Gasteiger partial charge in [-0.05, 0) is 75.1 Å². The first kappa shape index (κ1) is 23.3. The molecule has 4 nitrogen and oxygen atoms in total. The normalized spacial score (nSPS) is 19.5. The van der Waals surface area contributed by atoms with Gasteiger partial charge < -0.3 is 14.1 Å². The lowest BCUT2D eigenvalue weighted by Gasteiger charge is -2.40. The van der Waals surface area contributed by atoms with Crippen LogP contribution < -0.4 is 0 Å².